The molecule has 1 fully saturated rings. The van der Waals surface area contributed by atoms with E-state index in [1.807, 2.05) is 13.8 Å². The van der Waals surface area contributed by atoms with E-state index < -0.39 is 35.5 Å². The predicted molar refractivity (Wildman–Crippen MR) is 144 cm³/mol. The highest BCUT2D eigenvalue weighted by atomic mass is 16.5. The molecule has 0 aromatic rings. The summed E-state index contributed by atoms with van der Waals surface area (Å²) in [7, 11) is 4.60. The van der Waals surface area contributed by atoms with E-state index in [0.29, 0.717) is 43.0 Å². The van der Waals surface area contributed by atoms with Gasteiger partial charge in [0.05, 0.1) is 33.4 Å². The van der Waals surface area contributed by atoms with Gasteiger partial charge in [-0.3, -0.25) is 19.2 Å². The number of carboxylic acids is 1. The molecule has 0 spiro atoms. The summed E-state index contributed by atoms with van der Waals surface area (Å²) in [6.07, 6.45) is -0.729. The summed E-state index contributed by atoms with van der Waals surface area (Å²) in [5.74, 6) is -0.992. The Hall–Kier alpha value is -3.08. The van der Waals surface area contributed by atoms with Gasteiger partial charge in [0.2, 0.25) is 5.91 Å². The number of nitrogens with zero attached hydrogens (tertiary/aromatic N) is 2. The Kier molecular flexibility index (Phi) is 13.5. The summed E-state index contributed by atoms with van der Waals surface area (Å²) < 4.78 is 22.0. The molecule has 1 N–H and O–H groups in total. The number of esters is 1. The maximum atomic E-state index is 13.6. The minimum Gasteiger partial charge on any atom is -0.498 e. The molecule has 1 saturated heterocycles. The molecule has 222 valence electrons. The number of carbonyl (C=O) groups is 4. The Morgan fingerprint density at radius 1 is 1.10 bits per heavy atom. The van der Waals surface area contributed by atoms with Crippen molar-refractivity contribution in [3.63, 3.8) is 0 Å². The van der Waals surface area contributed by atoms with Gasteiger partial charge in [0.15, 0.2) is 5.76 Å². The van der Waals surface area contributed by atoms with Crippen LogP contribution in [0.15, 0.2) is 23.7 Å². The Morgan fingerprint density at radius 3 is 2.18 bits per heavy atom. The van der Waals surface area contributed by atoms with Crippen molar-refractivity contribution >= 4 is 23.8 Å². The van der Waals surface area contributed by atoms with Gasteiger partial charge in [-0.05, 0) is 32.6 Å². The SMILES string of the molecule is C=C(C(OC)=C(C)OC)C(C)OC(CC(=O)N1CCC(CC(=O)O)CC1)C(=O)N(C)CC(C)(C)COC(C)=O. The second-order valence-corrected chi connectivity index (χ2v) is 10.9. The minimum absolute atomic E-state index is 0.0254. The third-order valence-corrected chi connectivity index (χ3v) is 6.75. The van der Waals surface area contributed by atoms with E-state index in [0.717, 1.165) is 0 Å². The lowest BCUT2D eigenvalue weighted by Crippen LogP contribution is -2.47. The number of amides is 2. The van der Waals surface area contributed by atoms with E-state index in [-0.39, 0.29) is 37.8 Å². The first-order chi connectivity index (χ1) is 18.1. The molecule has 0 bridgehead atoms. The quantitative estimate of drug-likeness (QED) is 0.184. The van der Waals surface area contributed by atoms with Gasteiger partial charge in [0.1, 0.15) is 11.9 Å². The fourth-order valence-electron chi connectivity index (χ4n) is 4.53. The number of likely N-dealkylation sites (N-methyl/N-ethyl adjacent to an activating group) is 1. The zero-order valence-corrected chi connectivity index (χ0v) is 24.7. The van der Waals surface area contributed by atoms with E-state index >= 15 is 0 Å². The lowest BCUT2D eigenvalue weighted by atomic mass is 9.93. The molecule has 0 aromatic carbocycles. The third-order valence-electron chi connectivity index (χ3n) is 6.75. The van der Waals surface area contributed by atoms with Crippen molar-refractivity contribution in [1.82, 2.24) is 9.80 Å². The molecule has 0 radical (unpaired) electrons. The number of piperidine rings is 1. The molecule has 1 rings (SSSR count). The second kappa shape index (κ2) is 15.5. The minimum atomic E-state index is -1.11. The number of carbonyl (C=O) groups excluding carboxylic acids is 3. The molecule has 39 heavy (non-hydrogen) atoms. The number of ether oxygens (including phenoxy) is 4. The van der Waals surface area contributed by atoms with Crippen molar-refractivity contribution in [2.45, 2.75) is 72.5 Å². The predicted octanol–water partition coefficient (Wildman–Crippen LogP) is 2.99. The first kappa shape index (κ1) is 33.9. The van der Waals surface area contributed by atoms with Crippen LogP contribution < -0.4 is 0 Å². The number of hydrogen-bond acceptors (Lipinski definition) is 8. The van der Waals surface area contributed by atoms with Crippen molar-refractivity contribution in [1.29, 1.82) is 0 Å². The van der Waals surface area contributed by atoms with Crippen LogP contribution in [0.4, 0.5) is 0 Å². The Labute approximate surface area is 232 Å². The van der Waals surface area contributed by atoms with Gasteiger partial charge in [0, 0.05) is 51.0 Å². The van der Waals surface area contributed by atoms with Crippen LogP contribution in [0.3, 0.4) is 0 Å². The summed E-state index contributed by atoms with van der Waals surface area (Å²) in [5, 5.41) is 9.06. The number of methoxy groups -OCH3 is 2. The topological polar surface area (TPSA) is 132 Å². The van der Waals surface area contributed by atoms with Crippen LogP contribution in [0, 0.1) is 11.3 Å². The summed E-state index contributed by atoms with van der Waals surface area (Å²) in [6.45, 7) is 13.8. The van der Waals surface area contributed by atoms with Crippen molar-refractivity contribution in [2.24, 2.45) is 11.3 Å². The van der Waals surface area contributed by atoms with Crippen molar-refractivity contribution in [2.75, 3.05) is 47.5 Å². The lowest BCUT2D eigenvalue weighted by Gasteiger charge is -2.35. The Morgan fingerprint density at radius 2 is 1.69 bits per heavy atom. The highest BCUT2D eigenvalue weighted by molar-refractivity contribution is 5.87. The normalized spacial score (nSPS) is 16.5. The zero-order valence-electron chi connectivity index (χ0n) is 24.7. The van der Waals surface area contributed by atoms with E-state index in [1.54, 1.807) is 25.8 Å². The van der Waals surface area contributed by atoms with Gasteiger partial charge in [-0.25, -0.2) is 0 Å². The van der Waals surface area contributed by atoms with E-state index in [4.69, 9.17) is 24.1 Å². The highest BCUT2D eigenvalue weighted by Gasteiger charge is 2.34. The molecule has 2 unspecified atom stereocenters. The van der Waals surface area contributed by atoms with E-state index in [1.165, 1.54) is 26.0 Å². The molecule has 1 heterocycles. The molecular formula is C28H46N2O9. The molecule has 0 saturated carbocycles. The average molecular weight is 555 g/mol. The van der Waals surface area contributed by atoms with Crippen LogP contribution >= 0.6 is 0 Å². The maximum Gasteiger partial charge on any atom is 0.303 e. The monoisotopic (exact) mass is 554 g/mol. The van der Waals surface area contributed by atoms with Gasteiger partial charge in [-0.1, -0.05) is 20.4 Å². The van der Waals surface area contributed by atoms with E-state index in [9.17, 15) is 19.2 Å². The largest absolute Gasteiger partial charge is 0.498 e. The van der Waals surface area contributed by atoms with Gasteiger partial charge in [-0.15, -0.1) is 0 Å². The lowest BCUT2D eigenvalue weighted by molar-refractivity contribution is -0.153. The van der Waals surface area contributed by atoms with Crippen molar-refractivity contribution in [3.05, 3.63) is 23.7 Å². The summed E-state index contributed by atoms with van der Waals surface area (Å²) in [6, 6.07) is 0. The number of aliphatic carboxylic acids is 1. The molecule has 1 aliphatic rings. The molecule has 1 aliphatic heterocycles. The van der Waals surface area contributed by atoms with Gasteiger partial charge in [-0.2, -0.15) is 0 Å². The van der Waals surface area contributed by atoms with Gasteiger partial charge in [0.25, 0.3) is 5.91 Å². The molecule has 0 aliphatic carbocycles. The summed E-state index contributed by atoms with van der Waals surface area (Å²) in [4.78, 5) is 52.3. The van der Waals surface area contributed by atoms with Crippen LogP contribution in [-0.2, 0) is 38.1 Å². The first-order valence-corrected chi connectivity index (χ1v) is 13.1. The number of hydrogen-bond donors (Lipinski definition) is 1. The second-order valence-electron chi connectivity index (χ2n) is 10.9. The fourth-order valence-corrected chi connectivity index (χ4v) is 4.53. The highest BCUT2D eigenvalue weighted by Crippen LogP contribution is 2.25. The maximum absolute atomic E-state index is 13.6. The summed E-state index contributed by atoms with van der Waals surface area (Å²) >= 11 is 0. The average Bonchev–Trinajstić information content (AvgIpc) is 2.86. The van der Waals surface area contributed by atoms with Crippen molar-refractivity contribution < 1.29 is 43.2 Å². The van der Waals surface area contributed by atoms with Gasteiger partial charge >= 0.3 is 11.9 Å². The molecule has 0 aromatic heterocycles. The zero-order chi connectivity index (χ0) is 29.9. The van der Waals surface area contributed by atoms with Crippen LogP contribution in [0.1, 0.15) is 60.3 Å². The van der Waals surface area contributed by atoms with Crippen LogP contribution in [-0.4, -0.2) is 98.4 Å². The number of likely N-dealkylation sites (tertiary alicyclic amines) is 1. The number of carboxylic acid groups (broad SMARTS) is 1. The number of rotatable bonds is 15. The Bertz CT molecular complexity index is 920. The third kappa shape index (κ3) is 11.3. The molecule has 11 nitrogen and oxygen atoms in total. The summed E-state index contributed by atoms with van der Waals surface area (Å²) in [5.41, 5.74) is -0.0811. The van der Waals surface area contributed by atoms with Crippen LogP contribution in [0.25, 0.3) is 0 Å². The smallest absolute Gasteiger partial charge is 0.303 e. The molecule has 11 heteroatoms. The number of allylic oxidation sites excluding steroid dienone is 1. The standard InChI is InChI=1S/C28H46N2O9/c1-18(26(37-9)20(3)36-8)19(2)39-23(27(35)29(7)16-28(5,6)17-38-21(4)31)15-24(32)30-12-10-22(11-13-30)14-25(33)34/h19,22-23H,1,10-17H2,2-9H3,(H,33,34). The molecule has 2 atom stereocenters. The van der Waals surface area contributed by atoms with Crippen LogP contribution in [0.5, 0.6) is 0 Å². The molecular weight excluding hydrogens is 508 g/mol. The fraction of sp³-hybridized carbons (Fsp3) is 0.714. The molecule has 2 amide bonds. The first-order valence-electron chi connectivity index (χ1n) is 13.1. The van der Waals surface area contributed by atoms with Crippen LogP contribution in [0.2, 0.25) is 0 Å². The Balaban J connectivity index is 3.08. The van der Waals surface area contributed by atoms with E-state index in [2.05, 4.69) is 6.58 Å². The van der Waals surface area contributed by atoms with Crippen molar-refractivity contribution in [3.8, 4) is 0 Å². The van der Waals surface area contributed by atoms with Gasteiger partial charge < -0.3 is 33.9 Å².